The molecule has 1 fully saturated rings. The van der Waals surface area contributed by atoms with E-state index in [1.54, 1.807) is 41.2 Å². The topological polar surface area (TPSA) is 199 Å². The third-order valence-electron chi connectivity index (χ3n) is 6.53. The molecule has 0 bridgehead atoms. The Bertz CT molecular complexity index is 1630. The molecule has 3 amide bonds. The average molecular weight is 586 g/mol. The highest BCUT2D eigenvalue weighted by atomic mass is 32.2. The van der Waals surface area contributed by atoms with Gasteiger partial charge in [-0.05, 0) is 19.1 Å². The summed E-state index contributed by atoms with van der Waals surface area (Å²) >= 11 is 2.47. The first-order chi connectivity index (χ1) is 19.1. The van der Waals surface area contributed by atoms with E-state index >= 15 is 0 Å². The smallest absolute Gasteiger partial charge is 0.352 e. The van der Waals surface area contributed by atoms with Gasteiger partial charge in [-0.25, -0.2) is 9.78 Å². The van der Waals surface area contributed by atoms with E-state index in [-0.39, 0.29) is 35.4 Å². The number of rotatable bonds is 9. The van der Waals surface area contributed by atoms with Crippen LogP contribution in [-0.2, 0) is 25.8 Å². The number of aryl methyl sites for hydroxylation is 1. The van der Waals surface area contributed by atoms with Crippen LogP contribution in [0.2, 0.25) is 0 Å². The molecule has 3 aromatic heterocycles. The number of carboxylic acid groups (broad SMARTS) is 1. The van der Waals surface area contributed by atoms with Gasteiger partial charge in [0.15, 0.2) is 23.6 Å². The molecule has 0 unspecified atom stereocenters. The lowest BCUT2D eigenvalue weighted by atomic mass is 10.0. The number of nitrogens with two attached hydrogens (primary N) is 2. The second kappa shape index (κ2) is 10.6. The Morgan fingerprint density at radius 3 is 2.77 bits per heavy atom. The number of oxime groups is 1. The summed E-state index contributed by atoms with van der Waals surface area (Å²) in [7, 11) is 0. The molecule has 0 aliphatic carbocycles. The Morgan fingerprint density at radius 1 is 1.35 bits per heavy atom. The van der Waals surface area contributed by atoms with E-state index in [0.717, 1.165) is 22.5 Å². The van der Waals surface area contributed by atoms with Gasteiger partial charge >= 0.3 is 5.97 Å². The van der Waals surface area contributed by atoms with E-state index in [2.05, 4.69) is 15.5 Å². The average Bonchev–Trinajstić information content (AvgIpc) is 3.55. The highest BCUT2D eigenvalue weighted by Crippen LogP contribution is 2.40. The Hall–Kier alpha value is -4.44. The molecule has 5 rings (SSSR count). The van der Waals surface area contributed by atoms with Gasteiger partial charge in [0, 0.05) is 23.6 Å². The van der Waals surface area contributed by atoms with Crippen molar-refractivity contribution in [2.24, 2.45) is 10.9 Å². The first-order valence-corrected chi connectivity index (χ1v) is 14.0. The standard InChI is InChI=1S/C24H24N8O6S2/c1-3-38-29-16(13-10-40-24(26)27-13)20(34)28-17-21(35)32-18(23(36)37)12(9-39-22(17)32)8-30-6-7-31-14(11(30)2)4-5-15(31)19(25)33/h4-7,10,17,22H,3,8-9H2,1-2H3,(H5-,25,26,27,28,33,34,36,37)/p+1/b29-16-/t17-,22-/m1/s1. The molecular formula is C24H25N8O6S2+. The van der Waals surface area contributed by atoms with Crippen LogP contribution in [0.1, 0.15) is 28.8 Å². The number of β-lactam (4-membered cyclic amide) rings is 1. The predicted octanol–water partition coefficient (Wildman–Crippen LogP) is -0.148. The number of hydrogen-bond acceptors (Lipinski definition) is 10. The summed E-state index contributed by atoms with van der Waals surface area (Å²) < 4.78 is 3.51. The number of carbonyl (C=O) groups excluding carboxylic acids is 3. The predicted molar refractivity (Wildman–Crippen MR) is 145 cm³/mol. The van der Waals surface area contributed by atoms with E-state index in [4.69, 9.17) is 16.3 Å². The second-order valence-corrected chi connectivity index (χ2v) is 10.9. The van der Waals surface area contributed by atoms with Crippen LogP contribution < -0.4 is 21.4 Å². The van der Waals surface area contributed by atoms with Crippen LogP contribution in [0.5, 0.6) is 0 Å². The zero-order valence-corrected chi connectivity index (χ0v) is 23.0. The van der Waals surface area contributed by atoms with Crippen LogP contribution in [0.25, 0.3) is 5.52 Å². The maximum Gasteiger partial charge on any atom is 0.352 e. The maximum absolute atomic E-state index is 13.2. The Morgan fingerprint density at radius 2 is 2.12 bits per heavy atom. The van der Waals surface area contributed by atoms with Gasteiger partial charge in [-0.15, -0.1) is 23.1 Å². The van der Waals surface area contributed by atoms with E-state index in [9.17, 15) is 24.3 Å². The minimum absolute atomic E-state index is 0.116. The summed E-state index contributed by atoms with van der Waals surface area (Å²) in [6.07, 6.45) is 3.41. The number of hydrogen-bond donors (Lipinski definition) is 4. The fourth-order valence-corrected chi connectivity index (χ4v) is 6.52. The highest BCUT2D eigenvalue weighted by molar-refractivity contribution is 8.00. The number of carboxylic acids is 1. The van der Waals surface area contributed by atoms with Crippen molar-refractivity contribution in [1.82, 2.24) is 19.6 Å². The lowest BCUT2D eigenvalue weighted by Crippen LogP contribution is -2.71. The number of aliphatic carboxylic acids is 1. The van der Waals surface area contributed by atoms with Gasteiger partial charge in [0.2, 0.25) is 5.69 Å². The second-order valence-electron chi connectivity index (χ2n) is 8.90. The summed E-state index contributed by atoms with van der Waals surface area (Å²) in [5, 5.41) is 17.7. The van der Waals surface area contributed by atoms with Gasteiger partial charge in [-0.1, -0.05) is 5.16 Å². The number of nitrogen functional groups attached to an aromatic ring is 1. The summed E-state index contributed by atoms with van der Waals surface area (Å²) in [6, 6.07) is 2.42. The van der Waals surface area contributed by atoms with Crippen molar-refractivity contribution < 1.29 is 33.7 Å². The van der Waals surface area contributed by atoms with Crippen LogP contribution in [0, 0.1) is 6.92 Å². The normalized spacial score (nSPS) is 18.9. The fourth-order valence-electron chi connectivity index (χ4n) is 4.63. The molecule has 0 saturated carbocycles. The van der Waals surface area contributed by atoms with Crippen molar-refractivity contribution in [3.8, 4) is 0 Å². The van der Waals surface area contributed by atoms with Crippen LogP contribution in [0.3, 0.4) is 0 Å². The van der Waals surface area contributed by atoms with E-state index in [0.29, 0.717) is 17.0 Å². The molecule has 0 radical (unpaired) electrons. The molecule has 16 heteroatoms. The van der Waals surface area contributed by atoms with Crippen molar-refractivity contribution in [2.75, 3.05) is 18.1 Å². The molecular weight excluding hydrogens is 560 g/mol. The van der Waals surface area contributed by atoms with Gasteiger partial charge in [0.05, 0.1) is 6.20 Å². The molecule has 0 spiro atoms. The maximum atomic E-state index is 13.2. The molecule has 5 heterocycles. The zero-order chi connectivity index (χ0) is 28.7. The third kappa shape index (κ3) is 4.64. The highest BCUT2D eigenvalue weighted by Gasteiger charge is 2.55. The molecule has 2 aliphatic rings. The zero-order valence-electron chi connectivity index (χ0n) is 21.4. The number of nitrogens with zero attached hydrogens (tertiary/aromatic N) is 5. The molecule has 40 heavy (non-hydrogen) atoms. The first-order valence-electron chi connectivity index (χ1n) is 12.0. The lowest BCUT2D eigenvalue weighted by molar-refractivity contribution is -0.694. The first kappa shape index (κ1) is 27.1. The van der Waals surface area contributed by atoms with E-state index < -0.39 is 35.1 Å². The van der Waals surface area contributed by atoms with Gasteiger partial charge in [0.25, 0.3) is 17.7 Å². The molecule has 2 aliphatic heterocycles. The van der Waals surface area contributed by atoms with E-state index in [1.165, 1.54) is 16.7 Å². The molecule has 208 valence electrons. The molecule has 3 aromatic rings. The van der Waals surface area contributed by atoms with Crippen LogP contribution in [0.15, 0.2) is 46.3 Å². The number of fused-ring (bicyclic) bond motifs is 2. The quantitative estimate of drug-likeness (QED) is 0.114. The number of anilines is 1. The Balaban J connectivity index is 1.38. The molecule has 1 saturated heterocycles. The minimum atomic E-state index is -1.24. The van der Waals surface area contributed by atoms with Crippen LogP contribution >= 0.6 is 23.1 Å². The summed E-state index contributed by atoms with van der Waals surface area (Å²) in [4.78, 5) is 60.6. The third-order valence-corrected chi connectivity index (χ3v) is 8.54. The van der Waals surface area contributed by atoms with Gasteiger partial charge < -0.3 is 31.1 Å². The van der Waals surface area contributed by atoms with Crippen LogP contribution in [0.4, 0.5) is 5.13 Å². The summed E-state index contributed by atoms with van der Waals surface area (Å²) in [6.45, 7) is 3.96. The fraction of sp³-hybridized carbons (Fsp3) is 0.292. The van der Waals surface area contributed by atoms with Crippen LogP contribution in [-0.4, -0.2) is 72.6 Å². The van der Waals surface area contributed by atoms with Crippen molar-refractivity contribution in [3.05, 3.63) is 58.3 Å². The van der Waals surface area contributed by atoms with Gasteiger partial charge in [-0.2, -0.15) is 4.57 Å². The number of amides is 3. The number of carbonyl (C=O) groups is 4. The van der Waals surface area contributed by atoms with Gasteiger partial charge in [-0.3, -0.25) is 19.3 Å². The Labute approximate surface area is 235 Å². The number of nitrogens with one attached hydrogen (secondary N) is 1. The van der Waals surface area contributed by atoms with Crippen molar-refractivity contribution >= 4 is 63.1 Å². The van der Waals surface area contributed by atoms with Crippen molar-refractivity contribution in [1.29, 1.82) is 0 Å². The van der Waals surface area contributed by atoms with Crippen molar-refractivity contribution in [3.63, 3.8) is 0 Å². The van der Waals surface area contributed by atoms with Gasteiger partial charge in [0.1, 0.15) is 40.6 Å². The number of thiazole rings is 1. The largest absolute Gasteiger partial charge is 0.477 e. The summed E-state index contributed by atoms with van der Waals surface area (Å²) in [5.74, 6) is -2.73. The minimum Gasteiger partial charge on any atom is -0.477 e. The molecule has 2 atom stereocenters. The SMILES string of the molecule is CCO/N=C(\C(=O)N[C@@H]1C(=O)N2C(C(=O)O)=C(C[n+]3ccn4c(C(N)=O)ccc4c3C)CS[C@H]12)c1csc(N)n1. The van der Waals surface area contributed by atoms with E-state index in [1.807, 2.05) is 11.5 Å². The number of primary amides is 1. The summed E-state index contributed by atoms with van der Waals surface area (Å²) in [5.41, 5.74) is 13.5. The molecule has 0 aromatic carbocycles. The number of aromatic nitrogens is 3. The van der Waals surface area contributed by atoms with Crippen molar-refractivity contribution in [2.45, 2.75) is 31.8 Å². The Kier molecular flexibility index (Phi) is 7.20. The number of thioether (sulfide) groups is 1. The molecule has 6 N–H and O–H groups in total. The monoisotopic (exact) mass is 585 g/mol. The lowest BCUT2D eigenvalue weighted by Gasteiger charge is -2.49. The molecule has 14 nitrogen and oxygen atoms in total.